The molecule has 0 spiro atoms. The zero-order valence-corrected chi connectivity index (χ0v) is 19.4. The van der Waals surface area contributed by atoms with Crippen LogP contribution in [0.15, 0.2) is 54.6 Å². The molecule has 0 fully saturated rings. The average molecular weight is 488 g/mol. The quantitative estimate of drug-likeness (QED) is 0.502. The number of carbonyl (C=O) groups is 2. The fourth-order valence-corrected chi connectivity index (χ4v) is 3.75. The van der Waals surface area contributed by atoms with E-state index >= 15 is 4.39 Å². The highest BCUT2D eigenvalue weighted by atomic mass is 35.5. The van der Waals surface area contributed by atoms with Gasteiger partial charge in [-0.05, 0) is 35.4 Å². The van der Waals surface area contributed by atoms with Crippen molar-refractivity contribution in [2.24, 2.45) is 11.5 Å². The molecule has 1 atom stereocenters. The van der Waals surface area contributed by atoms with Crippen molar-refractivity contribution in [3.05, 3.63) is 87.9 Å². The zero-order chi connectivity index (χ0) is 25.0. The summed E-state index contributed by atoms with van der Waals surface area (Å²) < 4.78 is 35.9. The Morgan fingerprint density at radius 3 is 2.32 bits per heavy atom. The van der Waals surface area contributed by atoms with Gasteiger partial charge in [-0.1, -0.05) is 41.9 Å². The largest absolute Gasteiger partial charge is 0.481 e. The summed E-state index contributed by atoms with van der Waals surface area (Å²) in [5.41, 5.74) is 12.1. The Kier molecular flexibility index (Phi) is 7.86. The minimum atomic E-state index is -0.995. The van der Waals surface area contributed by atoms with Gasteiger partial charge in [-0.25, -0.2) is 8.78 Å². The Labute approximate surface area is 201 Å². The molecule has 178 valence electrons. The van der Waals surface area contributed by atoms with Gasteiger partial charge in [-0.15, -0.1) is 0 Å². The molecule has 3 rings (SSSR count). The molecule has 0 saturated carbocycles. The molecule has 6 nitrogen and oxygen atoms in total. The predicted octanol–water partition coefficient (Wildman–Crippen LogP) is 3.94. The summed E-state index contributed by atoms with van der Waals surface area (Å²) in [4.78, 5) is 25.2. The van der Waals surface area contributed by atoms with E-state index in [1.54, 1.807) is 0 Å². The second kappa shape index (κ2) is 10.6. The van der Waals surface area contributed by atoms with E-state index in [-0.39, 0.29) is 29.0 Å². The fraction of sp³-hybridized carbons (Fsp3) is 0.200. The first-order valence-electron chi connectivity index (χ1n) is 10.3. The Bertz CT molecular complexity index is 1220. The number of hydrogen-bond donors (Lipinski definition) is 2. The molecule has 3 aromatic rings. The number of nitrogens with zero attached hydrogens (tertiary/aromatic N) is 1. The van der Waals surface area contributed by atoms with Crippen molar-refractivity contribution >= 4 is 23.4 Å². The third-order valence-electron chi connectivity index (χ3n) is 5.38. The topological polar surface area (TPSA) is 98.6 Å². The highest BCUT2D eigenvalue weighted by molar-refractivity contribution is 6.33. The number of rotatable bonds is 8. The monoisotopic (exact) mass is 487 g/mol. The maximum absolute atomic E-state index is 15.6. The third kappa shape index (κ3) is 5.18. The van der Waals surface area contributed by atoms with Gasteiger partial charge in [0.15, 0.2) is 18.2 Å². The summed E-state index contributed by atoms with van der Waals surface area (Å²) in [6.07, 6.45) is 0. The van der Waals surface area contributed by atoms with Gasteiger partial charge in [0.1, 0.15) is 5.82 Å². The van der Waals surface area contributed by atoms with Crippen LogP contribution in [-0.2, 0) is 4.79 Å². The first-order valence-corrected chi connectivity index (χ1v) is 10.7. The molecule has 0 aliphatic rings. The van der Waals surface area contributed by atoms with Gasteiger partial charge < -0.3 is 21.1 Å². The van der Waals surface area contributed by atoms with E-state index < -0.39 is 41.0 Å². The van der Waals surface area contributed by atoms with Crippen LogP contribution < -0.4 is 16.2 Å². The van der Waals surface area contributed by atoms with Crippen LogP contribution >= 0.6 is 11.6 Å². The van der Waals surface area contributed by atoms with Gasteiger partial charge in [0.25, 0.3) is 5.91 Å². The minimum Gasteiger partial charge on any atom is -0.481 e. The molecule has 9 heteroatoms. The first kappa shape index (κ1) is 25.1. The van der Waals surface area contributed by atoms with Crippen molar-refractivity contribution in [3.8, 4) is 16.9 Å². The molecule has 0 bridgehead atoms. The number of amides is 2. The molecule has 0 radical (unpaired) electrons. The second-order valence-electron chi connectivity index (χ2n) is 7.80. The third-order valence-corrected chi connectivity index (χ3v) is 5.77. The molecule has 1 unspecified atom stereocenters. The lowest BCUT2D eigenvalue weighted by Gasteiger charge is -2.20. The van der Waals surface area contributed by atoms with E-state index in [1.165, 1.54) is 43.3 Å². The van der Waals surface area contributed by atoms with Crippen molar-refractivity contribution in [1.82, 2.24) is 4.90 Å². The van der Waals surface area contributed by atoms with Crippen LogP contribution in [0.1, 0.15) is 27.4 Å². The second-order valence-corrected chi connectivity index (χ2v) is 8.18. The zero-order valence-electron chi connectivity index (χ0n) is 18.6. The Morgan fingerprint density at radius 2 is 1.74 bits per heavy atom. The lowest BCUT2D eigenvalue weighted by atomic mass is 9.88. The minimum absolute atomic E-state index is 0.0817. The summed E-state index contributed by atoms with van der Waals surface area (Å²) in [5, 5.41) is -0.393. The van der Waals surface area contributed by atoms with Gasteiger partial charge in [-0.2, -0.15) is 0 Å². The van der Waals surface area contributed by atoms with Crippen LogP contribution in [0.2, 0.25) is 5.02 Å². The van der Waals surface area contributed by atoms with Crippen molar-refractivity contribution < 1.29 is 23.1 Å². The molecule has 2 amide bonds. The smallest absolute Gasteiger partial charge is 0.259 e. The normalized spacial score (nSPS) is 11.7. The van der Waals surface area contributed by atoms with Crippen LogP contribution in [0.4, 0.5) is 8.78 Å². The summed E-state index contributed by atoms with van der Waals surface area (Å²) in [6, 6.07) is 14.3. The molecule has 0 aliphatic heterocycles. The number of nitrogens with two attached hydrogens (primary N) is 2. The number of benzene rings is 3. The van der Waals surface area contributed by atoms with Gasteiger partial charge >= 0.3 is 0 Å². The Morgan fingerprint density at radius 1 is 1.06 bits per heavy atom. The van der Waals surface area contributed by atoms with Gasteiger partial charge in [-0.3, -0.25) is 9.59 Å². The number of hydrogen-bond acceptors (Lipinski definition) is 4. The van der Waals surface area contributed by atoms with E-state index in [0.717, 1.165) is 5.56 Å². The lowest BCUT2D eigenvalue weighted by molar-refractivity contribution is -0.130. The SMILES string of the molecule is CN(C)C(=O)COc1ccc(C(N)=O)c(-c2cc(C(CN)c3ccccc3)cc(F)c2Cl)c1F. The molecular weight excluding hydrogens is 464 g/mol. The van der Waals surface area contributed by atoms with Crippen molar-refractivity contribution in [2.75, 3.05) is 27.2 Å². The maximum atomic E-state index is 15.6. The van der Waals surface area contributed by atoms with E-state index in [9.17, 15) is 14.0 Å². The molecule has 34 heavy (non-hydrogen) atoms. The number of halogens is 3. The van der Waals surface area contributed by atoms with Crippen molar-refractivity contribution in [1.29, 1.82) is 0 Å². The predicted molar refractivity (Wildman–Crippen MR) is 127 cm³/mol. The van der Waals surface area contributed by atoms with E-state index in [0.29, 0.717) is 5.56 Å². The van der Waals surface area contributed by atoms with Crippen LogP contribution in [0.25, 0.3) is 11.1 Å². The number of ether oxygens (including phenoxy) is 1. The molecule has 0 heterocycles. The van der Waals surface area contributed by atoms with Crippen LogP contribution in [0.5, 0.6) is 5.75 Å². The molecule has 4 N–H and O–H groups in total. The Balaban J connectivity index is 2.18. The van der Waals surface area contributed by atoms with Crippen LogP contribution in [-0.4, -0.2) is 44.0 Å². The fourth-order valence-electron chi connectivity index (χ4n) is 3.55. The van der Waals surface area contributed by atoms with Gasteiger partial charge in [0, 0.05) is 37.7 Å². The van der Waals surface area contributed by atoms with E-state index in [1.807, 2.05) is 30.3 Å². The molecule has 0 aliphatic carbocycles. The number of carbonyl (C=O) groups excluding carboxylic acids is 2. The average Bonchev–Trinajstić information content (AvgIpc) is 2.81. The first-order chi connectivity index (χ1) is 16.1. The molecule has 0 saturated heterocycles. The molecular formula is C25H24ClF2N3O3. The highest BCUT2D eigenvalue weighted by Gasteiger charge is 2.25. The van der Waals surface area contributed by atoms with Crippen molar-refractivity contribution in [3.63, 3.8) is 0 Å². The summed E-state index contributed by atoms with van der Waals surface area (Å²) >= 11 is 6.24. The van der Waals surface area contributed by atoms with Gasteiger partial charge in [0.05, 0.1) is 10.6 Å². The standard InChI is InChI=1S/C25H24ClF2N3O3/c1-31(2)21(32)13-34-20-9-8-16(25(30)33)22(24(20)28)17-10-15(11-19(27)23(17)26)18(12-29)14-6-4-3-5-7-14/h3-11,18H,12-13,29H2,1-2H3,(H2,30,33). The van der Waals surface area contributed by atoms with Crippen molar-refractivity contribution in [2.45, 2.75) is 5.92 Å². The molecule has 3 aromatic carbocycles. The summed E-state index contributed by atoms with van der Waals surface area (Å²) in [7, 11) is 3.05. The number of primary amides is 1. The summed E-state index contributed by atoms with van der Waals surface area (Å²) in [6.45, 7) is -0.295. The maximum Gasteiger partial charge on any atom is 0.259 e. The summed E-state index contributed by atoms with van der Waals surface area (Å²) in [5.74, 6) is -3.87. The Hall–Kier alpha value is -3.49. The molecule has 0 aromatic heterocycles. The highest BCUT2D eigenvalue weighted by Crippen LogP contribution is 2.40. The van der Waals surface area contributed by atoms with E-state index in [4.69, 9.17) is 27.8 Å². The van der Waals surface area contributed by atoms with E-state index in [2.05, 4.69) is 0 Å². The van der Waals surface area contributed by atoms with Crippen LogP contribution in [0.3, 0.4) is 0 Å². The van der Waals surface area contributed by atoms with Crippen LogP contribution in [0, 0.1) is 11.6 Å². The lowest BCUT2D eigenvalue weighted by Crippen LogP contribution is -2.27. The van der Waals surface area contributed by atoms with Gasteiger partial charge in [0.2, 0.25) is 5.91 Å². The number of likely N-dealkylation sites (N-methyl/N-ethyl adjacent to an activating group) is 1.